The number of rotatable bonds is 4. The van der Waals surface area contributed by atoms with E-state index < -0.39 is 11.3 Å². The molecule has 0 aromatic heterocycles. The molecule has 0 saturated heterocycles. The number of hydrogen-bond donors (Lipinski definition) is 0. The average Bonchev–Trinajstić information content (AvgIpc) is 2.43. The van der Waals surface area contributed by atoms with Crippen molar-refractivity contribution in [3.05, 3.63) is 35.5 Å². The molecule has 0 radical (unpaired) electrons. The van der Waals surface area contributed by atoms with Crippen LogP contribution in [-0.4, -0.2) is 11.6 Å². The van der Waals surface area contributed by atoms with E-state index >= 15 is 0 Å². The maximum absolute atomic E-state index is 13.1. The molecule has 23 heavy (non-hydrogen) atoms. The van der Waals surface area contributed by atoms with E-state index in [1.54, 1.807) is 6.08 Å². The van der Waals surface area contributed by atoms with E-state index in [1.165, 1.54) is 11.1 Å². The second kappa shape index (κ2) is 6.22. The van der Waals surface area contributed by atoms with Crippen LogP contribution in [0.15, 0.2) is 35.5 Å². The smallest absolute Gasteiger partial charge is 0.166 e. The highest BCUT2D eigenvalue weighted by Crippen LogP contribution is 2.56. The molecule has 0 spiro atoms. The van der Waals surface area contributed by atoms with Gasteiger partial charge in [-0.25, -0.2) is 0 Å². The summed E-state index contributed by atoms with van der Waals surface area (Å²) in [6.45, 7) is 12.5. The third-order valence-corrected chi connectivity index (χ3v) is 5.70. The minimum atomic E-state index is -0.484. The molecular weight excluding hydrogens is 284 g/mol. The second-order valence-corrected chi connectivity index (χ2v) is 8.41. The molecule has 0 aliphatic heterocycles. The van der Waals surface area contributed by atoms with Gasteiger partial charge in [-0.1, -0.05) is 43.2 Å². The number of ketones is 2. The monoisotopic (exact) mass is 314 g/mol. The summed E-state index contributed by atoms with van der Waals surface area (Å²) < 4.78 is 0. The fraction of sp³-hybridized carbons (Fsp3) is 0.619. The summed E-state index contributed by atoms with van der Waals surface area (Å²) in [5.41, 5.74) is 1.76. The fourth-order valence-corrected chi connectivity index (χ4v) is 4.05. The second-order valence-electron chi connectivity index (χ2n) is 8.41. The minimum Gasteiger partial charge on any atom is -0.298 e. The van der Waals surface area contributed by atoms with Crippen molar-refractivity contribution in [3.8, 4) is 0 Å². The number of fused-ring (bicyclic) bond motifs is 2. The number of Topliss-reactive ketones (excluding diaryl/α,β-unsaturated/α-hetero) is 1. The first kappa shape index (κ1) is 17.9. The zero-order chi connectivity index (χ0) is 17.4. The molecule has 2 rings (SSSR count). The van der Waals surface area contributed by atoms with Gasteiger partial charge in [-0.05, 0) is 64.4 Å². The summed E-state index contributed by atoms with van der Waals surface area (Å²) >= 11 is 0. The van der Waals surface area contributed by atoms with Crippen LogP contribution in [0.4, 0.5) is 0 Å². The topological polar surface area (TPSA) is 34.1 Å². The van der Waals surface area contributed by atoms with Crippen LogP contribution < -0.4 is 0 Å². The maximum Gasteiger partial charge on any atom is 0.166 e. The molecule has 1 saturated carbocycles. The molecule has 0 heterocycles. The maximum atomic E-state index is 13.1. The molecule has 0 amide bonds. The van der Waals surface area contributed by atoms with Gasteiger partial charge in [0.1, 0.15) is 0 Å². The Morgan fingerprint density at radius 3 is 2.30 bits per heavy atom. The number of hydrogen-bond acceptors (Lipinski definition) is 2. The minimum absolute atomic E-state index is 0.00488. The molecular formula is C21H30O2. The van der Waals surface area contributed by atoms with E-state index in [2.05, 4.69) is 53.7 Å². The quantitative estimate of drug-likeness (QED) is 0.537. The Balaban J connectivity index is 2.45. The summed E-state index contributed by atoms with van der Waals surface area (Å²) in [6.07, 6.45) is 10.5. The van der Waals surface area contributed by atoms with Crippen molar-refractivity contribution in [2.45, 2.75) is 60.8 Å². The molecule has 2 bridgehead atoms. The van der Waals surface area contributed by atoms with E-state index in [9.17, 15) is 9.59 Å². The predicted molar refractivity (Wildman–Crippen MR) is 95.1 cm³/mol. The fourth-order valence-electron chi connectivity index (χ4n) is 4.05. The highest BCUT2D eigenvalue weighted by molar-refractivity contribution is 6.14. The third kappa shape index (κ3) is 3.27. The van der Waals surface area contributed by atoms with Gasteiger partial charge in [-0.3, -0.25) is 9.59 Å². The van der Waals surface area contributed by atoms with Crippen LogP contribution in [0.3, 0.4) is 0 Å². The van der Waals surface area contributed by atoms with E-state index in [0.29, 0.717) is 5.92 Å². The standard InChI is InChI=1S/C21H30O2/c1-14(2)7-8-16-13-21(11-9-15(3)4)12-10-17(22)18(19(21)23)20(16,5)6/h7,9-10,12,16,18H,8,11,13H2,1-6H3/t16-,18-,21-/m0/s1. The van der Waals surface area contributed by atoms with Crippen LogP contribution in [0, 0.1) is 22.7 Å². The van der Waals surface area contributed by atoms with Crippen LogP contribution in [0.2, 0.25) is 0 Å². The van der Waals surface area contributed by atoms with Crippen molar-refractivity contribution >= 4 is 11.6 Å². The van der Waals surface area contributed by atoms with E-state index in [0.717, 1.165) is 19.3 Å². The Labute approximate surface area is 140 Å². The van der Waals surface area contributed by atoms with Gasteiger partial charge in [-0.15, -0.1) is 0 Å². The molecule has 2 aliphatic rings. The third-order valence-electron chi connectivity index (χ3n) is 5.70. The molecule has 2 nitrogen and oxygen atoms in total. The number of carbonyl (C=O) groups is 2. The number of carbonyl (C=O) groups excluding carboxylic acids is 2. The molecule has 3 atom stereocenters. The summed E-state index contributed by atoms with van der Waals surface area (Å²) in [4.78, 5) is 25.6. The Hall–Kier alpha value is -1.44. The van der Waals surface area contributed by atoms with Gasteiger partial charge < -0.3 is 0 Å². The summed E-state index contributed by atoms with van der Waals surface area (Å²) in [5.74, 6) is -0.00221. The van der Waals surface area contributed by atoms with Crippen LogP contribution in [-0.2, 0) is 9.59 Å². The van der Waals surface area contributed by atoms with Crippen molar-refractivity contribution in [2.24, 2.45) is 22.7 Å². The van der Waals surface area contributed by atoms with Crippen LogP contribution in [0.1, 0.15) is 60.8 Å². The van der Waals surface area contributed by atoms with Crippen LogP contribution in [0.5, 0.6) is 0 Å². The van der Waals surface area contributed by atoms with Gasteiger partial charge in [0.25, 0.3) is 0 Å². The molecule has 2 heteroatoms. The summed E-state index contributed by atoms with van der Waals surface area (Å²) in [7, 11) is 0. The first-order valence-electron chi connectivity index (χ1n) is 8.64. The lowest BCUT2D eigenvalue weighted by Crippen LogP contribution is -2.56. The average molecular weight is 314 g/mol. The summed E-state index contributed by atoms with van der Waals surface area (Å²) in [5, 5.41) is 0. The first-order valence-corrected chi connectivity index (χ1v) is 8.64. The van der Waals surface area contributed by atoms with Gasteiger partial charge in [-0.2, -0.15) is 0 Å². The molecule has 0 aromatic carbocycles. The Bertz CT molecular complexity index is 595. The highest BCUT2D eigenvalue weighted by Gasteiger charge is 2.58. The van der Waals surface area contributed by atoms with E-state index in [1.807, 2.05) is 6.08 Å². The molecule has 126 valence electrons. The molecule has 0 N–H and O–H groups in total. The van der Waals surface area contributed by atoms with Gasteiger partial charge in [0.15, 0.2) is 11.6 Å². The largest absolute Gasteiger partial charge is 0.298 e. The Kier molecular flexibility index (Phi) is 4.84. The predicted octanol–water partition coefficient (Wildman–Crippen LogP) is 5.06. The molecule has 1 fully saturated rings. The first-order chi connectivity index (χ1) is 10.6. The lowest BCUT2D eigenvalue weighted by molar-refractivity contribution is -0.151. The highest BCUT2D eigenvalue weighted by atomic mass is 16.2. The summed E-state index contributed by atoms with van der Waals surface area (Å²) in [6, 6.07) is 0. The Morgan fingerprint density at radius 1 is 1.13 bits per heavy atom. The normalized spacial score (nSPS) is 31.7. The van der Waals surface area contributed by atoms with Crippen molar-refractivity contribution < 1.29 is 9.59 Å². The lowest BCUT2D eigenvalue weighted by Gasteiger charge is -2.52. The van der Waals surface area contributed by atoms with E-state index in [4.69, 9.17) is 0 Å². The van der Waals surface area contributed by atoms with Gasteiger partial charge >= 0.3 is 0 Å². The van der Waals surface area contributed by atoms with E-state index in [-0.39, 0.29) is 17.0 Å². The van der Waals surface area contributed by atoms with Crippen LogP contribution >= 0.6 is 0 Å². The SMILES string of the molecule is CC(C)=CC[C@H]1C[C@]2(CC=C(C)C)C=CC(=O)[C@@H](C2=O)C1(C)C. The molecule has 0 unspecified atom stereocenters. The zero-order valence-corrected chi connectivity index (χ0v) is 15.4. The number of allylic oxidation sites excluding steroid dienone is 6. The van der Waals surface area contributed by atoms with Crippen molar-refractivity contribution in [3.63, 3.8) is 0 Å². The van der Waals surface area contributed by atoms with Gasteiger partial charge in [0.2, 0.25) is 0 Å². The van der Waals surface area contributed by atoms with Crippen LogP contribution in [0.25, 0.3) is 0 Å². The molecule has 0 aromatic rings. The van der Waals surface area contributed by atoms with Crippen molar-refractivity contribution in [1.82, 2.24) is 0 Å². The molecule has 2 aliphatic carbocycles. The Morgan fingerprint density at radius 2 is 1.74 bits per heavy atom. The lowest BCUT2D eigenvalue weighted by atomic mass is 9.49. The van der Waals surface area contributed by atoms with Crippen molar-refractivity contribution in [1.29, 1.82) is 0 Å². The zero-order valence-electron chi connectivity index (χ0n) is 15.4. The van der Waals surface area contributed by atoms with Crippen molar-refractivity contribution in [2.75, 3.05) is 0 Å². The van der Waals surface area contributed by atoms with Gasteiger partial charge in [0.05, 0.1) is 11.3 Å². The van der Waals surface area contributed by atoms with Gasteiger partial charge in [0, 0.05) is 0 Å².